The second-order valence-electron chi connectivity index (χ2n) is 7.45. The van der Waals surface area contributed by atoms with E-state index in [0.717, 1.165) is 31.4 Å². The number of allylic oxidation sites excluding steroid dienone is 1. The van der Waals surface area contributed by atoms with Crippen LogP contribution in [0.2, 0.25) is 0 Å². The van der Waals surface area contributed by atoms with E-state index < -0.39 is 0 Å². The van der Waals surface area contributed by atoms with E-state index in [-0.39, 0.29) is 16.9 Å². The lowest BCUT2D eigenvalue weighted by atomic mass is 9.75. The summed E-state index contributed by atoms with van der Waals surface area (Å²) in [5, 5.41) is 4.43. The molecule has 0 radical (unpaired) electrons. The van der Waals surface area contributed by atoms with Crippen molar-refractivity contribution < 1.29 is 7.58 Å². The maximum atomic E-state index is 8.13. The normalized spacial score (nSPS) is 27.8. The van der Waals surface area contributed by atoms with Gasteiger partial charge < -0.3 is 4.84 Å². The fourth-order valence-corrected chi connectivity index (χ4v) is 2.57. The average molecular weight is 267 g/mol. The van der Waals surface area contributed by atoms with Gasteiger partial charge >= 0.3 is 0 Å². The molecule has 19 heavy (non-hydrogen) atoms. The topological polar surface area (TPSA) is 21.6 Å². The summed E-state index contributed by atoms with van der Waals surface area (Å²) in [4.78, 5) is 5.74. The van der Waals surface area contributed by atoms with Crippen LogP contribution in [0.1, 0.15) is 76.4 Å². The van der Waals surface area contributed by atoms with E-state index in [1.807, 2.05) is 0 Å². The molecule has 0 bridgehead atoms. The summed E-state index contributed by atoms with van der Waals surface area (Å²) in [5.74, 6) is 0. The molecule has 2 nitrogen and oxygen atoms in total. The predicted molar refractivity (Wildman–Crippen MR) is 83.4 cm³/mol. The van der Waals surface area contributed by atoms with Crippen molar-refractivity contribution in [3.63, 3.8) is 0 Å². The van der Waals surface area contributed by atoms with Crippen molar-refractivity contribution in [2.75, 3.05) is 0 Å². The zero-order valence-corrected chi connectivity index (χ0v) is 13.5. The van der Waals surface area contributed by atoms with Gasteiger partial charge in [-0.1, -0.05) is 59.2 Å². The summed E-state index contributed by atoms with van der Waals surface area (Å²) in [6, 6.07) is 0.712. The van der Waals surface area contributed by atoms with Gasteiger partial charge in [-0.05, 0) is 31.7 Å². The first-order valence-corrected chi connectivity index (χ1v) is 7.44. The lowest BCUT2D eigenvalue weighted by Gasteiger charge is -2.31. The number of hydrogen-bond donors (Lipinski definition) is 0. The van der Waals surface area contributed by atoms with Crippen LogP contribution < -0.4 is 0 Å². The molecule has 0 aromatic heterocycles. The average Bonchev–Trinajstić information content (AvgIpc) is 2.30. The maximum Gasteiger partial charge on any atom is 0.145 e. The Balaban J connectivity index is 2.98. The van der Waals surface area contributed by atoms with Gasteiger partial charge in [0, 0.05) is 10.8 Å². The van der Waals surface area contributed by atoms with Gasteiger partial charge in [-0.2, -0.15) is 0 Å². The summed E-state index contributed by atoms with van der Waals surface area (Å²) < 4.78 is 16.1. The van der Waals surface area contributed by atoms with E-state index in [1.165, 1.54) is 0 Å². The number of hydrogen-bond acceptors (Lipinski definition) is 2. The summed E-state index contributed by atoms with van der Waals surface area (Å²) in [6.07, 6.45) is 4.25. The van der Waals surface area contributed by atoms with E-state index in [4.69, 9.17) is 7.58 Å². The minimum atomic E-state index is -0.363. The van der Waals surface area contributed by atoms with Gasteiger partial charge in [-0.15, -0.1) is 0 Å². The standard InChI is InChI=1S/C17H31NO/c1-16(2,3)15(17(4,5)6)18-19-14-12-10-8-7-9-11-13-14/h10,12,14H,7-9,11,13H2,1-6H3/b12-10-/i10D,12D. The van der Waals surface area contributed by atoms with Crippen molar-refractivity contribution in [2.24, 2.45) is 16.0 Å². The van der Waals surface area contributed by atoms with Crippen LogP contribution >= 0.6 is 0 Å². The molecule has 0 aromatic carbocycles. The molecular formula is C17H31NO. The van der Waals surface area contributed by atoms with Crippen molar-refractivity contribution in [2.45, 2.75) is 79.8 Å². The molecule has 0 spiro atoms. The van der Waals surface area contributed by atoms with Crippen LogP contribution in [0.15, 0.2) is 17.3 Å². The highest BCUT2D eigenvalue weighted by Crippen LogP contribution is 2.30. The minimum absolute atomic E-state index is 0.0738. The molecule has 1 aliphatic rings. The fourth-order valence-electron chi connectivity index (χ4n) is 2.57. The number of rotatable bonds is 2. The molecule has 0 saturated heterocycles. The van der Waals surface area contributed by atoms with Gasteiger partial charge in [-0.3, -0.25) is 0 Å². The molecule has 0 aliphatic heterocycles. The molecule has 110 valence electrons. The molecule has 1 aliphatic carbocycles. The molecule has 2 heteroatoms. The van der Waals surface area contributed by atoms with E-state index >= 15 is 0 Å². The van der Waals surface area contributed by atoms with Gasteiger partial charge in [0.05, 0.1) is 8.45 Å². The first-order valence-electron chi connectivity index (χ1n) is 8.44. The van der Waals surface area contributed by atoms with Gasteiger partial charge in [-0.25, -0.2) is 0 Å². The Bertz CT molecular complexity index is 397. The van der Waals surface area contributed by atoms with E-state index in [0.29, 0.717) is 18.5 Å². The van der Waals surface area contributed by atoms with Crippen molar-refractivity contribution in [1.29, 1.82) is 0 Å². The Labute approximate surface area is 122 Å². The Hall–Kier alpha value is -0.790. The number of nitrogens with zero attached hydrogens (tertiary/aromatic N) is 1. The molecule has 0 N–H and O–H groups in total. The van der Waals surface area contributed by atoms with E-state index in [1.54, 1.807) is 0 Å². The molecule has 1 unspecified atom stereocenters. The Morgan fingerprint density at radius 3 is 2.32 bits per heavy atom. The highest BCUT2D eigenvalue weighted by molar-refractivity contribution is 5.93. The molecule has 0 heterocycles. The third-order valence-corrected chi connectivity index (χ3v) is 3.22. The van der Waals surface area contributed by atoms with Gasteiger partial charge in [0.25, 0.3) is 0 Å². The van der Waals surface area contributed by atoms with Crippen molar-refractivity contribution in [1.82, 2.24) is 0 Å². The zero-order chi connectivity index (χ0) is 16.3. The van der Waals surface area contributed by atoms with Gasteiger partial charge in [0.1, 0.15) is 6.10 Å². The van der Waals surface area contributed by atoms with Crippen LogP contribution in [0.5, 0.6) is 0 Å². The van der Waals surface area contributed by atoms with E-state index in [2.05, 4.69) is 46.7 Å². The first kappa shape index (κ1) is 13.2. The molecule has 0 saturated carbocycles. The fraction of sp³-hybridized carbons (Fsp3) is 0.824. The van der Waals surface area contributed by atoms with Crippen molar-refractivity contribution >= 4 is 5.71 Å². The Morgan fingerprint density at radius 1 is 1.11 bits per heavy atom. The zero-order valence-electron chi connectivity index (χ0n) is 15.5. The van der Waals surface area contributed by atoms with Crippen LogP contribution in [0.25, 0.3) is 0 Å². The second-order valence-corrected chi connectivity index (χ2v) is 7.45. The number of oxime groups is 1. The van der Waals surface area contributed by atoms with Crippen LogP contribution in [0.4, 0.5) is 0 Å². The maximum absolute atomic E-state index is 8.13. The quantitative estimate of drug-likeness (QED) is 0.376. The molecular weight excluding hydrogens is 234 g/mol. The molecule has 1 atom stereocenters. The van der Waals surface area contributed by atoms with Crippen LogP contribution in [0, 0.1) is 10.8 Å². The van der Waals surface area contributed by atoms with E-state index in [9.17, 15) is 0 Å². The van der Waals surface area contributed by atoms with Gasteiger partial charge in [0.2, 0.25) is 0 Å². The monoisotopic (exact) mass is 267 g/mol. The summed E-state index contributed by atoms with van der Waals surface area (Å²) in [7, 11) is 0. The largest absolute Gasteiger partial charge is 0.388 e. The third-order valence-electron chi connectivity index (χ3n) is 3.22. The van der Waals surface area contributed by atoms with Gasteiger partial charge in [0.15, 0.2) is 0 Å². The predicted octanol–water partition coefficient (Wildman–Crippen LogP) is 5.34. The SMILES string of the molecule is [2H]/C1=C(\[2H])C(ON=C(C(C)(C)C)C(C)(C)C)CCCCC1. The lowest BCUT2D eigenvalue weighted by molar-refractivity contribution is 0.0787. The molecule has 0 fully saturated rings. The van der Waals surface area contributed by atoms with Crippen molar-refractivity contribution in [3.05, 3.63) is 12.1 Å². The summed E-state index contributed by atoms with van der Waals surface area (Å²) in [5.41, 5.74) is 0.849. The Morgan fingerprint density at radius 2 is 1.74 bits per heavy atom. The first-order chi connectivity index (χ1) is 9.53. The third kappa shape index (κ3) is 5.80. The van der Waals surface area contributed by atoms with Crippen LogP contribution in [-0.4, -0.2) is 11.8 Å². The van der Waals surface area contributed by atoms with Crippen molar-refractivity contribution in [3.8, 4) is 0 Å². The summed E-state index contributed by atoms with van der Waals surface area (Å²) >= 11 is 0. The molecule has 0 aromatic rings. The van der Waals surface area contributed by atoms with Crippen LogP contribution in [0.3, 0.4) is 0 Å². The molecule has 0 amide bonds. The minimum Gasteiger partial charge on any atom is -0.388 e. The lowest BCUT2D eigenvalue weighted by Crippen LogP contribution is -2.33. The molecule has 1 rings (SSSR count). The highest BCUT2D eigenvalue weighted by atomic mass is 16.6. The smallest absolute Gasteiger partial charge is 0.145 e. The second kappa shape index (κ2) is 6.58. The highest BCUT2D eigenvalue weighted by Gasteiger charge is 2.31. The van der Waals surface area contributed by atoms with Crippen LogP contribution in [-0.2, 0) is 4.84 Å². The Kier molecular flexibility index (Phi) is 4.58. The summed E-state index contributed by atoms with van der Waals surface area (Å²) in [6.45, 7) is 12.8.